The summed E-state index contributed by atoms with van der Waals surface area (Å²) in [6, 6.07) is 18.9. The van der Waals surface area contributed by atoms with Gasteiger partial charge in [0.15, 0.2) is 0 Å². The van der Waals surface area contributed by atoms with Crippen LogP contribution in [0.25, 0.3) is 0 Å². The summed E-state index contributed by atoms with van der Waals surface area (Å²) in [6.45, 7) is 3.71. The fourth-order valence-electron chi connectivity index (χ4n) is 2.86. The van der Waals surface area contributed by atoms with Crippen molar-refractivity contribution in [3.05, 3.63) is 83.1 Å². The number of aromatic nitrogens is 1. The van der Waals surface area contributed by atoms with Crippen LogP contribution in [0.2, 0.25) is 5.02 Å². The van der Waals surface area contributed by atoms with Crippen LogP contribution in [0.3, 0.4) is 0 Å². The maximum Gasteiger partial charge on any atom is 0.274 e. The molecule has 1 N–H and O–H groups in total. The van der Waals surface area contributed by atoms with Crippen LogP contribution in [0.1, 0.15) is 23.0 Å². The third-order valence-corrected chi connectivity index (χ3v) is 4.59. The molecule has 0 aliphatic heterocycles. The standard InChI is InChI=1S/C22H22ClN3O2/c1-3-26(15-16-7-5-4-6-8-16)18-10-11-19(24-14-18)22(27)25-20-13-17(23)9-12-21(20)28-2/h4-14H,3,15H2,1-2H3,(H,25,27). The van der Waals surface area contributed by atoms with Crippen molar-refractivity contribution < 1.29 is 9.53 Å². The zero-order chi connectivity index (χ0) is 19.9. The number of benzene rings is 2. The van der Waals surface area contributed by atoms with E-state index in [0.29, 0.717) is 22.2 Å². The van der Waals surface area contributed by atoms with Gasteiger partial charge in [0.05, 0.1) is 24.7 Å². The summed E-state index contributed by atoms with van der Waals surface area (Å²) < 4.78 is 5.26. The molecular formula is C22H22ClN3O2. The molecule has 0 saturated carbocycles. The van der Waals surface area contributed by atoms with E-state index in [0.717, 1.165) is 18.8 Å². The van der Waals surface area contributed by atoms with Crippen LogP contribution >= 0.6 is 11.6 Å². The summed E-state index contributed by atoms with van der Waals surface area (Å²) in [4.78, 5) is 19.1. The summed E-state index contributed by atoms with van der Waals surface area (Å²) in [6.07, 6.45) is 1.72. The Balaban J connectivity index is 1.72. The van der Waals surface area contributed by atoms with Crippen LogP contribution in [0.5, 0.6) is 5.75 Å². The van der Waals surface area contributed by atoms with Crippen molar-refractivity contribution in [3.8, 4) is 5.75 Å². The molecule has 5 nitrogen and oxygen atoms in total. The Bertz CT molecular complexity index is 930. The maximum atomic E-state index is 12.5. The first-order valence-corrected chi connectivity index (χ1v) is 9.38. The van der Waals surface area contributed by atoms with Crippen LogP contribution in [0.15, 0.2) is 66.9 Å². The second kappa shape index (κ2) is 9.24. The van der Waals surface area contributed by atoms with Crippen LogP contribution in [0, 0.1) is 0 Å². The number of anilines is 2. The molecule has 3 rings (SSSR count). The van der Waals surface area contributed by atoms with Crippen molar-refractivity contribution in [2.45, 2.75) is 13.5 Å². The lowest BCUT2D eigenvalue weighted by Gasteiger charge is -2.23. The molecule has 1 heterocycles. The molecule has 0 spiro atoms. The van der Waals surface area contributed by atoms with Crippen LogP contribution in [-0.4, -0.2) is 24.5 Å². The summed E-state index contributed by atoms with van der Waals surface area (Å²) >= 11 is 6.01. The normalized spacial score (nSPS) is 10.4. The minimum atomic E-state index is -0.321. The van der Waals surface area contributed by atoms with E-state index < -0.39 is 0 Å². The predicted octanol–water partition coefficient (Wildman–Crippen LogP) is 5.02. The number of hydrogen-bond acceptors (Lipinski definition) is 4. The van der Waals surface area contributed by atoms with E-state index in [2.05, 4.69) is 34.3 Å². The van der Waals surface area contributed by atoms with Gasteiger partial charge in [-0.15, -0.1) is 0 Å². The SMILES string of the molecule is CCN(Cc1ccccc1)c1ccc(C(=O)Nc2cc(Cl)ccc2OC)nc1. The van der Waals surface area contributed by atoms with E-state index in [-0.39, 0.29) is 5.91 Å². The quantitative estimate of drug-likeness (QED) is 0.610. The Hall–Kier alpha value is -3.05. The molecule has 0 aliphatic rings. The van der Waals surface area contributed by atoms with Crippen molar-refractivity contribution in [1.82, 2.24) is 4.98 Å². The fourth-order valence-corrected chi connectivity index (χ4v) is 3.03. The van der Waals surface area contributed by atoms with E-state index in [1.807, 2.05) is 24.3 Å². The smallest absolute Gasteiger partial charge is 0.274 e. The van der Waals surface area contributed by atoms with Crippen molar-refractivity contribution in [2.75, 3.05) is 23.9 Å². The van der Waals surface area contributed by atoms with Crippen molar-refractivity contribution in [3.63, 3.8) is 0 Å². The number of carbonyl (C=O) groups is 1. The highest BCUT2D eigenvalue weighted by Gasteiger charge is 2.13. The number of ether oxygens (including phenoxy) is 1. The fraction of sp³-hybridized carbons (Fsp3) is 0.182. The predicted molar refractivity (Wildman–Crippen MR) is 113 cm³/mol. The number of methoxy groups -OCH3 is 1. The molecule has 1 aromatic heterocycles. The van der Waals surface area contributed by atoms with E-state index in [4.69, 9.17) is 16.3 Å². The second-order valence-electron chi connectivity index (χ2n) is 6.20. The Morgan fingerprint density at radius 3 is 2.57 bits per heavy atom. The summed E-state index contributed by atoms with van der Waals surface area (Å²) in [5.74, 6) is 0.215. The average molecular weight is 396 g/mol. The van der Waals surface area contributed by atoms with E-state index in [1.54, 1.807) is 30.5 Å². The monoisotopic (exact) mass is 395 g/mol. The Kier molecular flexibility index (Phi) is 6.50. The molecule has 0 radical (unpaired) electrons. The molecule has 6 heteroatoms. The molecule has 0 atom stereocenters. The molecule has 0 unspecified atom stereocenters. The number of carbonyl (C=O) groups excluding carboxylic acids is 1. The van der Waals surface area contributed by atoms with Gasteiger partial charge >= 0.3 is 0 Å². The average Bonchev–Trinajstić information content (AvgIpc) is 2.73. The molecular weight excluding hydrogens is 374 g/mol. The lowest BCUT2D eigenvalue weighted by molar-refractivity contribution is 0.102. The van der Waals surface area contributed by atoms with Crippen LogP contribution in [-0.2, 0) is 6.54 Å². The number of nitrogens with one attached hydrogen (secondary N) is 1. The molecule has 0 fully saturated rings. The van der Waals surface area contributed by atoms with Gasteiger partial charge in [-0.25, -0.2) is 4.98 Å². The number of nitrogens with zero attached hydrogens (tertiary/aromatic N) is 2. The van der Waals surface area contributed by atoms with Gasteiger partial charge in [-0.2, -0.15) is 0 Å². The van der Waals surface area contributed by atoms with Crippen LogP contribution < -0.4 is 15.0 Å². The topological polar surface area (TPSA) is 54.5 Å². The largest absolute Gasteiger partial charge is 0.495 e. The third-order valence-electron chi connectivity index (χ3n) is 4.35. The van der Waals surface area contributed by atoms with E-state index in [9.17, 15) is 4.79 Å². The lowest BCUT2D eigenvalue weighted by atomic mass is 10.2. The Morgan fingerprint density at radius 2 is 1.93 bits per heavy atom. The molecule has 2 aromatic carbocycles. The van der Waals surface area contributed by atoms with Crippen molar-refractivity contribution in [2.24, 2.45) is 0 Å². The Morgan fingerprint density at radius 1 is 1.14 bits per heavy atom. The van der Waals surface area contributed by atoms with Crippen molar-refractivity contribution >= 4 is 28.9 Å². The van der Waals surface area contributed by atoms with E-state index in [1.165, 1.54) is 12.7 Å². The van der Waals surface area contributed by atoms with Gasteiger partial charge in [0.2, 0.25) is 0 Å². The molecule has 0 aliphatic carbocycles. The van der Waals surface area contributed by atoms with Gasteiger partial charge in [-0.05, 0) is 42.8 Å². The molecule has 3 aromatic rings. The van der Waals surface area contributed by atoms with Gasteiger partial charge in [-0.3, -0.25) is 4.79 Å². The van der Waals surface area contributed by atoms with Gasteiger partial charge in [0.1, 0.15) is 11.4 Å². The second-order valence-corrected chi connectivity index (χ2v) is 6.64. The number of pyridine rings is 1. The third kappa shape index (κ3) is 4.81. The first-order valence-electron chi connectivity index (χ1n) is 9.00. The van der Waals surface area contributed by atoms with E-state index >= 15 is 0 Å². The van der Waals surface area contributed by atoms with Gasteiger partial charge in [0.25, 0.3) is 5.91 Å². The first-order chi connectivity index (χ1) is 13.6. The first kappa shape index (κ1) is 19.7. The number of amides is 1. The molecule has 0 bridgehead atoms. The van der Waals surface area contributed by atoms with Gasteiger partial charge < -0.3 is 15.0 Å². The highest BCUT2D eigenvalue weighted by molar-refractivity contribution is 6.31. The number of rotatable bonds is 7. The molecule has 28 heavy (non-hydrogen) atoms. The molecule has 1 amide bonds. The minimum Gasteiger partial charge on any atom is -0.495 e. The highest BCUT2D eigenvalue weighted by Crippen LogP contribution is 2.28. The maximum absolute atomic E-state index is 12.5. The minimum absolute atomic E-state index is 0.321. The Labute approximate surface area is 169 Å². The molecule has 0 saturated heterocycles. The van der Waals surface area contributed by atoms with Gasteiger partial charge in [-0.1, -0.05) is 41.9 Å². The number of hydrogen-bond donors (Lipinski definition) is 1. The summed E-state index contributed by atoms with van der Waals surface area (Å²) in [5, 5.41) is 3.31. The lowest BCUT2D eigenvalue weighted by Crippen LogP contribution is -2.22. The highest BCUT2D eigenvalue weighted by atomic mass is 35.5. The van der Waals surface area contributed by atoms with Crippen molar-refractivity contribution in [1.29, 1.82) is 0 Å². The summed E-state index contributed by atoms with van der Waals surface area (Å²) in [7, 11) is 1.54. The van der Waals surface area contributed by atoms with Crippen LogP contribution in [0.4, 0.5) is 11.4 Å². The van der Waals surface area contributed by atoms with Gasteiger partial charge in [0, 0.05) is 18.1 Å². The number of halogens is 1. The zero-order valence-corrected chi connectivity index (χ0v) is 16.6. The molecule has 144 valence electrons. The summed E-state index contributed by atoms with van der Waals surface area (Å²) in [5.41, 5.74) is 3.01. The zero-order valence-electron chi connectivity index (χ0n) is 15.9.